The van der Waals surface area contributed by atoms with Gasteiger partial charge in [-0.05, 0) is 88.0 Å². The molecule has 0 radical (unpaired) electrons. The largest absolute Gasteiger partial charge is 0.387 e. The zero-order valence-corrected chi connectivity index (χ0v) is 21.4. The van der Waals surface area contributed by atoms with Gasteiger partial charge in [0, 0.05) is 28.0 Å². The van der Waals surface area contributed by atoms with Crippen LogP contribution in [0.25, 0.3) is 0 Å². The monoisotopic (exact) mass is 555 g/mol. The van der Waals surface area contributed by atoms with E-state index in [0.29, 0.717) is 24.9 Å². The lowest BCUT2D eigenvalue weighted by Gasteiger charge is -2.37. The van der Waals surface area contributed by atoms with Crippen LogP contribution in [0.1, 0.15) is 54.9 Å². The van der Waals surface area contributed by atoms with Gasteiger partial charge in [0.25, 0.3) is 0 Å². The van der Waals surface area contributed by atoms with Crippen molar-refractivity contribution in [1.82, 2.24) is 4.90 Å². The van der Waals surface area contributed by atoms with Crippen LogP contribution in [0, 0.1) is 5.92 Å². The number of carbonyl (C=O) groups excluding carboxylic acids is 1. The first kappa shape index (κ1) is 23.8. The van der Waals surface area contributed by atoms with Crippen molar-refractivity contribution in [1.29, 1.82) is 0 Å². The summed E-state index contributed by atoms with van der Waals surface area (Å²) in [5.41, 5.74) is 5.43. The van der Waals surface area contributed by atoms with E-state index in [1.807, 2.05) is 19.9 Å². The molecule has 4 rings (SSSR count). The minimum atomic E-state index is -0.404. The molecule has 0 bridgehead atoms. The van der Waals surface area contributed by atoms with Crippen molar-refractivity contribution in [2.24, 2.45) is 5.92 Å². The summed E-state index contributed by atoms with van der Waals surface area (Å²) >= 11 is 13.8. The van der Waals surface area contributed by atoms with Gasteiger partial charge in [-0.3, -0.25) is 4.79 Å². The molecule has 2 aliphatic rings. The summed E-state index contributed by atoms with van der Waals surface area (Å²) in [7, 11) is 0. The maximum atomic E-state index is 11.9. The quantitative estimate of drug-likeness (QED) is 0.467. The summed E-state index contributed by atoms with van der Waals surface area (Å²) in [4.78, 5) is 13.7. The molecule has 1 atom stereocenters. The SMILES string of the molecule is CC.O=C(CO)N1CCC(C2c3ccc(Br)cc3CCc3c2ccc(Cl)c3Br)CC1. The molecule has 1 amide bonds. The van der Waals surface area contributed by atoms with Crippen LogP contribution in [-0.4, -0.2) is 35.6 Å². The highest BCUT2D eigenvalue weighted by atomic mass is 79.9. The Hall–Kier alpha value is -0.880. The molecule has 1 aliphatic carbocycles. The van der Waals surface area contributed by atoms with E-state index in [0.717, 1.165) is 39.7 Å². The lowest BCUT2D eigenvalue weighted by Crippen LogP contribution is -2.41. The molecule has 0 spiro atoms. The van der Waals surface area contributed by atoms with E-state index < -0.39 is 6.61 Å². The summed E-state index contributed by atoms with van der Waals surface area (Å²) in [6, 6.07) is 10.8. The second kappa shape index (κ2) is 10.6. The van der Waals surface area contributed by atoms with Gasteiger partial charge in [0.1, 0.15) is 6.61 Å². The Morgan fingerprint density at radius 3 is 2.43 bits per heavy atom. The fraction of sp³-hybridized carbons (Fsp3) is 0.458. The molecule has 2 aromatic rings. The number of amides is 1. The number of piperidine rings is 1. The van der Waals surface area contributed by atoms with Gasteiger partial charge in [0.05, 0.1) is 5.02 Å². The minimum absolute atomic E-state index is 0.168. The van der Waals surface area contributed by atoms with Crippen LogP contribution >= 0.6 is 43.5 Å². The number of halogens is 3. The van der Waals surface area contributed by atoms with E-state index in [1.54, 1.807) is 4.90 Å². The van der Waals surface area contributed by atoms with Crippen molar-refractivity contribution in [3.8, 4) is 0 Å². The van der Waals surface area contributed by atoms with E-state index in [-0.39, 0.29) is 5.91 Å². The fourth-order valence-corrected chi connectivity index (χ4v) is 5.91. The van der Waals surface area contributed by atoms with Crippen LogP contribution in [0.3, 0.4) is 0 Å². The Morgan fingerprint density at radius 2 is 1.77 bits per heavy atom. The van der Waals surface area contributed by atoms with Gasteiger partial charge < -0.3 is 10.0 Å². The summed E-state index contributed by atoms with van der Waals surface area (Å²) < 4.78 is 2.12. The van der Waals surface area contributed by atoms with Crippen LogP contribution < -0.4 is 0 Å². The van der Waals surface area contributed by atoms with Gasteiger partial charge in [-0.25, -0.2) is 0 Å². The number of likely N-dealkylation sites (tertiary alicyclic amines) is 1. The lowest BCUT2D eigenvalue weighted by molar-refractivity contribution is -0.135. The zero-order valence-electron chi connectivity index (χ0n) is 17.4. The van der Waals surface area contributed by atoms with Crippen LogP contribution in [0.4, 0.5) is 0 Å². The average molecular weight is 558 g/mol. The number of aliphatic hydroxyl groups is 1. The van der Waals surface area contributed by atoms with Crippen molar-refractivity contribution >= 4 is 49.4 Å². The number of aryl methyl sites for hydroxylation is 1. The Labute approximate surface area is 201 Å². The summed E-state index contributed by atoms with van der Waals surface area (Å²) in [6.07, 6.45) is 3.81. The summed E-state index contributed by atoms with van der Waals surface area (Å²) in [6.45, 7) is 5.01. The van der Waals surface area contributed by atoms with E-state index in [9.17, 15) is 4.79 Å². The Bertz CT molecular complexity index is 910. The third-order valence-electron chi connectivity index (χ3n) is 6.15. The Kier molecular flexibility index (Phi) is 8.42. The Balaban J connectivity index is 0.00000124. The zero-order chi connectivity index (χ0) is 21.8. The molecule has 0 saturated carbocycles. The van der Waals surface area contributed by atoms with Crippen molar-refractivity contribution in [3.63, 3.8) is 0 Å². The second-order valence-electron chi connectivity index (χ2n) is 7.63. The lowest BCUT2D eigenvalue weighted by atomic mass is 9.74. The third kappa shape index (κ3) is 4.79. The highest BCUT2D eigenvalue weighted by Gasteiger charge is 2.34. The second-order valence-corrected chi connectivity index (χ2v) is 9.74. The van der Waals surface area contributed by atoms with Crippen molar-refractivity contribution in [2.45, 2.75) is 45.4 Å². The van der Waals surface area contributed by atoms with E-state index in [1.165, 1.54) is 22.3 Å². The van der Waals surface area contributed by atoms with Gasteiger partial charge >= 0.3 is 0 Å². The molecular weight excluding hydrogens is 530 g/mol. The molecule has 0 aromatic heterocycles. The number of carbonyl (C=O) groups is 1. The molecule has 1 heterocycles. The first-order valence-electron chi connectivity index (χ1n) is 10.6. The number of hydrogen-bond donors (Lipinski definition) is 1. The number of benzene rings is 2. The van der Waals surface area contributed by atoms with Crippen LogP contribution in [0.15, 0.2) is 39.3 Å². The van der Waals surface area contributed by atoms with Crippen molar-refractivity contribution in [2.75, 3.05) is 19.7 Å². The summed E-state index contributed by atoms with van der Waals surface area (Å²) in [5.74, 6) is 0.576. The standard InChI is InChI=1S/C22H22Br2ClNO2.C2H6/c23-15-2-4-16-14(11-15)1-3-18-17(5-6-19(25)22(18)24)21(16)13-7-9-26(10-8-13)20(28)12-27;1-2/h2,4-6,11,13,21,27H,1,3,7-10,12H2;1-2H3. The normalized spacial score (nSPS) is 18.6. The molecule has 1 unspecified atom stereocenters. The molecule has 3 nitrogen and oxygen atoms in total. The predicted octanol–water partition coefficient (Wildman–Crippen LogP) is 6.35. The number of rotatable bonds is 2. The van der Waals surface area contributed by atoms with Crippen LogP contribution in [0.5, 0.6) is 0 Å². The van der Waals surface area contributed by atoms with Crippen molar-refractivity contribution in [3.05, 3.63) is 66.6 Å². The fourth-order valence-electron chi connectivity index (χ4n) is 4.76. The van der Waals surface area contributed by atoms with Gasteiger partial charge in [-0.15, -0.1) is 0 Å². The third-order valence-corrected chi connectivity index (χ3v) is 8.09. The van der Waals surface area contributed by atoms with Gasteiger partial charge in [-0.1, -0.05) is 53.5 Å². The van der Waals surface area contributed by atoms with Crippen molar-refractivity contribution < 1.29 is 9.90 Å². The highest BCUT2D eigenvalue weighted by molar-refractivity contribution is 9.10. The van der Waals surface area contributed by atoms with E-state index in [4.69, 9.17) is 16.7 Å². The maximum Gasteiger partial charge on any atom is 0.248 e. The van der Waals surface area contributed by atoms with Crippen LogP contribution in [-0.2, 0) is 17.6 Å². The average Bonchev–Trinajstić information content (AvgIpc) is 2.94. The predicted molar refractivity (Wildman–Crippen MR) is 130 cm³/mol. The number of nitrogens with zero attached hydrogens (tertiary/aromatic N) is 1. The van der Waals surface area contributed by atoms with Gasteiger partial charge in [0.15, 0.2) is 0 Å². The van der Waals surface area contributed by atoms with E-state index >= 15 is 0 Å². The minimum Gasteiger partial charge on any atom is -0.387 e. The molecule has 1 aliphatic heterocycles. The number of hydrogen-bond acceptors (Lipinski definition) is 2. The topological polar surface area (TPSA) is 40.5 Å². The summed E-state index contributed by atoms with van der Waals surface area (Å²) in [5, 5.41) is 9.93. The van der Waals surface area contributed by atoms with Crippen LogP contribution in [0.2, 0.25) is 5.02 Å². The molecule has 1 fully saturated rings. The molecule has 2 aromatic carbocycles. The first-order chi connectivity index (χ1) is 14.5. The molecule has 162 valence electrons. The number of aliphatic hydroxyl groups excluding tert-OH is 1. The van der Waals surface area contributed by atoms with Gasteiger partial charge in [-0.2, -0.15) is 0 Å². The smallest absolute Gasteiger partial charge is 0.248 e. The molecule has 6 heteroatoms. The highest BCUT2D eigenvalue weighted by Crippen LogP contribution is 2.46. The van der Waals surface area contributed by atoms with Gasteiger partial charge in [0.2, 0.25) is 5.91 Å². The molecule has 1 N–H and O–H groups in total. The molecule has 30 heavy (non-hydrogen) atoms. The molecule has 1 saturated heterocycles. The first-order valence-corrected chi connectivity index (χ1v) is 12.6. The Morgan fingerprint density at radius 1 is 1.10 bits per heavy atom. The maximum absolute atomic E-state index is 11.9. The number of fused-ring (bicyclic) bond motifs is 2. The molecular formula is C24H28Br2ClNO2. The van der Waals surface area contributed by atoms with E-state index in [2.05, 4.69) is 56.1 Å².